The fourth-order valence-electron chi connectivity index (χ4n) is 1.53. The van der Waals surface area contributed by atoms with Gasteiger partial charge in [0.2, 0.25) is 0 Å². The van der Waals surface area contributed by atoms with Crippen molar-refractivity contribution in [3.8, 4) is 0 Å². The Morgan fingerprint density at radius 3 is 2.78 bits per heavy atom. The minimum Gasteiger partial charge on any atom is -0.339 e. The summed E-state index contributed by atoms with van der Waals surface area (Å²) in [4.78, 5) is 7.99. The van der Waals surface area contributed by atoms with Crippen molar-refractivity contribution in [3.63, 3.8) is 0 Å². The van der Waals surface area contributed by atoms with Gasteiger partial charge in [-0.3, -0.25) is 0 Å². The topological polar surface area (TPSA) is 37.8 Å². The van der Waals surface area contributed by atoms with Gasteiger partial charge in [0.05, 0.1) is 10.7 Å². The lowest BCUT2D eigenvalue weighted by Crippen LogP contribution is -2.01. The summed E-state index contributed by atoms with van der Waals surface area (Å²) in [5.74, 6) is 0.158. The van der Waals surface area contributed by atoms with Crippen molar-refractivity contribution >= 4 is 34.7 Å². The highest BCUT2D eigenvalue weighted by Crippen LogP contribution is 2.28. The van der Waals surface area contributed by atoms with E-state index in [0.29, 0.717) is 28.1 Å². The SMILES string of the molecule is CCc1c(Cl)ncnc1Nc1cc(F)ccc1Cl. The van der Waals surface area contributed by atoms with Gasteiger partial charge in [0.25, 0.3) is 0 Å². The lowest BCUT2D eigenvalue weighted by molar-refractivity contribution is 0.628. The second-order valence-corrected chi connectivity index (χ2v) is 4.36. The van der Waals surface area contributed by atoms with Gasteiger partial charge in [-0.2, -0.15) is 0 Å². The second-order valence-electron chi connectivity index (χ2n) is 3.59. The highest BCUT2D eigenvalue weighted by atomic mass is 35.5. The molecule has 0 fully saturated rings. The van der Waals surface area contributed by atoms with E-state index in [1.54, 1.807) is 0 Å². The van der Waals surface area contributed by atoms with Gasteiger partial charge >= 0.3 is 0 Å². The predicted octanol–water partition coefficient (Wildman–Crippen LogP) is 4.23. The maximum atomic E-state index is 13.2. The molecule has 0 unspecified atom stereocenters. The van der Waals surface area contributed by atoms with Crippen LogP contribution >= 0.6 is 23.2 Å². The number of aromatic nitrogens is 2. The van der Waals surface area contributed by atoms with E-state index < -0.39 is 0 Å². The fraction of sp³-hybridized carbons (Fsp3) is 0.167. The normalized spacial score (nSPS) is 10.4. The number of nitrogens with zero attached hydrogens (tertiary/aromatic N) is 2. The summed E-state index contributed by atoms with van der Waals surface area (Å²) >= 11 is 11.9. The number of hydrogen-bond acceptors (Lipinski definition) is 3. The Morgan fingerprint density at radius 1 is 1.28 bits per heavy atom. The molecule has 0 saturated carbocycles. The molecule has 0 atom stereocenters. The van der Waals surface area contributed by atoms with Crippen LogP contribution in [-0.2, 0) is 6.42 Å². The number of halogens is 3. The molecule has 18 heavy (non-hydrogen) atoms. The lowest BCUT2D eigenvalue weighted by Gasteiger charge is -2.11. The van der Waals surface area contributed by atoms with Crippen molar-refractivity contribution in [2.24, 2.45) is 0 Å². The van der Waals surface area contributed by atoms with E-state index in [0.717, 1.165) is 5.56 Å². The van der Waals surface area contributed by atoms with E-state index in [1.165, 1.54) is 24.5 Å². The van der Waals surface area contributed by atoms with Crippen LogP contribution in [0.15, 0.2) is 24.5 Å². The number of benzene rings is 1. The largest absolute Gasteiger partial charge is 0.339 e. The Kier molecular flexibility index (Phi) is 3.99. The van der Waals surface area contributed by atoms with Gasteiger partial charge in [0.1, 0.15) is 23.1 Å². The van der Waals surface area contributed by atoms with Crippen molar-refractivity contribution in [1.82, 2.24) is 9.97 Å². The van der Waals surface area contributed by atoms with Gasteiger partial charge in [-0.05, 0) is 24.6 Å². The number of nitrogens with one attached hydrogen (secondary N) is 1. The van der Waals surface area contributed by atoms with Gasteiger partial charge in [-0.15, -0.1) is 0 Å². The van der Waals surface area contributed by atoms with Crippen LogP contribution in [0.3, 0.4) is 0 Å². The molecule has 0 aliphatic heterocycles. The van der Waals surface area contributed by atoms with E-state index in [2.05, 4.69) is 15.3 Å². The molecule has 0 aliphatic rings. The quantitative estimate of drug-likeness (QED) is 0.858. The highest BCUT2D eigenvalue weighted by Gasteiger charge is 2.10. The molecule has 1 aromatic carbocycles. The zero-order valence-corrected chi connectivity index (χ0v) is 11.1. The first-order chi connectivity index (χ1) is 8.61. The van der Waals surface area contributed by atoms with Crippen molar-refractivity contribution in [2.45, 2.75) is 13.3 Å². The fourth-order valence-corrected chi connectivity index (χ4v) is 1.96. The van der Waals surface area contributed by atoms with Crippen LogP contribution in [0.2, 0.25) is 10.2 Å². The van der Waals surface area contributed by atoms with Gasteiger partial charge in [-0.1, -0.05) is 30.1 Å². The summed E-state index contributed by atoms with van der Waals surface area (Å²) in [6, 6.07) is 4.08. The molecule has 0 aliphatic carbocycles. The average Bonchev–Trinajstić information content (AvgIpc) is 2.34. The molecule has 0 radical (unpaired) electrons. The van der Waals surface area contributed by atoms with Crippen LogP contribution in [0.5, 0.6) is 0 Å². The van der Waals surface area contributed by atoms with Crippen LogP contribution in [0.4, 0.5) is 15.9 Å². The minimum absolute atomic E-state index is 0.375. The zero-order valence-electron chi connectivity index (χ0n) is 9.54. The Hall–Kier alpha value is -1.39. The van der Waals surface area contributed by atoms with Crippen molar-refractivity contribution in [2.75, 3.05) is 5.32 Å². The minimum atomic E-state index is -0.375. The summed E-state index contributed by atoms with van der Waals surface area (Å²) in [6.07, 6.45) is 2.01. The van der Waals surface area contributed by atoms with Gasteiger partial charge in [0, 0.05) is 5.56 Å². The van der Waals surface area contributed by atoms with E-state index in [-0.39, 0.29) is 5.82 Å². The standard InChI is InChI=1S/C12H10Cl2FN3/c1-2-8-11(14)16-6-17-12(8)18-10-5-7(15)3-4-9(10)13/h3-6H,2H2,1H3,(H,16,17,18). The lowest BCUT2D eigenvalue weighted by atomic mass is 10.2. The van der Waals surface area contributed by atoms with Crippen molar-refractivity contribution in [3.05, 3.63) is 46.1 Å². The van der Waals surface area contributed by atoms with Crippen LogP contribution in [0.1, 0.15) is 12.5 Å². The summed E-state index contributed by atoms with van der Waals surface area (Å²) in [5, 5.41) is 3.75. The van der Waals surface area contributed by atoms with E-state index in [4.69, 9.17) is 23.2 Å². The summed E-state index contributed by atoms with van der Waals surface area (Å²) in [5.41, 5.74) is 1.21. The van der Waals surface area contributed by atoms with Gasteiger partial charge < -0.3 is 5.32 Å². The number of rotatable bonds is 3. The molecule has 1 N–H and O–H groups in total. The van der Waals surface area contributed by atoms with E-state index >= 15 is 0 Å². The molecule has 0 bridgehead atoms. The summed E-state index contributed by atoms with van der Waals surface area (Å²) in [6.45, 7) is 1.93. The Balaban J connectivity index is 2.40. The molecule has 0 amide bonds. The third-order valence-corrected chi connectivity index (χ3v) is 3.08. The molecule has 1 aromatic heterocycles. The molecule has 2 rings (SSSR count). The third kappa shape index (κ3) is 2.71. The molecule has 2 aromatic rings. The predicted molar refractivity (Wildman–Crippen MR) is 71.1 cm³/mol. The number of hydrogen-bond donors (Lipinski definition) is 1. The maximum Gasteiger partial charge on any atom is 0.138 e. The molecular formula is C12H10Cl2FN3. The van der Waals surface area contributed by atoms with Crippen molar-refractivity contribution in [1.29, 1.82) is 0 Å². The second kappa shape index (κ2) is 5.50. The van der Waals surface area contributed by atoms with Crippen LogP contribution < -0.4 is 5.32 Å². The van der Waals surface area contributed by atoms with Gasteiger partial charge in [0.15, 0.2) is 0 Å². The third-order valence-electron chi connectivity index (χ3n) is 2.43. The molecule has 94 valence electrons. The molecule has 1 heterocycles. The molecule has 0 saturated heterocycles. The monoisotopic (exact) mass is 285 g/mol. The summed E-state index contributed by atoms with van der Waals surface area (Å²) < 4.78 is 13.2. The Morgan fingerprint density at radius 2 is 2.06 bits per heavy atom. The van der Waals surface area contributed by atoms with E-state index in [9.17, 15) is 4.39 Å². The molecule has 3 nitrogen and oxygen atoms in total. The highest BCUT2D eigenvalue weighted by molar-refractivity contribution is 6.33. The molecule has 6 heteroatoms. The smallest absolute Gasteiger partial charge is 0.138 e. The van der Waals surface area contributed by atoms with Crippen LogP contribution in [0.25, 0.3) is 0 Å². The summed E-state index contributed by atoms with van der Waals surface area (Å²) in [7, 11) is 0. The van der Waals surface area contributed by atoms with Gasteiger partial charge in [-0.25, -0.2) is 14.4 Å². The number of anilines is 2. The Bertz CT molecular complexity index is 575. The van der Waals surface area contributed by atoms with Crippen LogP contribution in [-0.4, -0.2) is 9.97 Å². The zero-order chi connectivity index (χ0) is 13.1. The first kappa shape index (κ1) is 13.1. The average molecular weight is 286 g/mol. The molecule has 0 spiro atoms. The Labute approximate surface area is 114 Å². The van der Waals surface area contributed by atoms with E-state index in [1.807, 2.05) is 6.92 Å². The molecular weight excluding hydrogens is 276 g/mol. The van der Waals surface area contributed by atoms with Crippen molar-refractivity contribution < 1.29 is 4.39 Å². The van der Waals surface area contributed by atoms with Crippen LogP contribution in [0, 0.1) is 5.82 Å². The first-order valence-corrected chi connectivity index (χ1v) is 6.09. The maximum absolute atomic E-state index is 13.2. The first-order valence-electron chi connectivity index (χ1n) is 5.33.